The highest BCUT2D eigenvalue weighted by atomic mass is 16.1. The number of amides is 1. The van der Waals surface area contributed by atoms with Gasteiger partial charge in [-0.15, -0.1) is 0 Å². The fourth-order valence-electron chi connectivity index (χ4n) is 3.68. The minimum atomic E-state index is 0.103. The molecule has 2 fully saturated rings. The maximum absolute atomic E-state index is 12.2. The average molecular weight is 329 g/mol. The van der Waals surface area contributed by atoms with E-state index in [1.807, 2.05) is 6.92 Å². The molecule has 1 aromatic carbocycles. The van der Waals surface area contributed by atoms with E-state index in [-0.39, 0.29) is 11.8 Å². The number of nitrogens with zero attached hydrogens (tertiary/aromatic N) is 1. The maximum atomic E-state index is 12.2. The summed E-state index contributed by atoms with van der Waals surface area (Å²) in [6.45, 7) is 10.4. The lowest BCUT2D eigenvalue weighted by molar-refractivity contribution is -0.126. The molecule has 2 atom stereocenters. The molecule has 2 aliphatic rings. The molecule has 132 valence electrons. The van der Waals surface area contributed by atoms with E-state index in [0.717, 1.165) is 25.6 Å². The van der Waals surface area contributed by atoms with Crippen LogP contribution >= 0.6 is 0 Å². The van der Waals surface area contributed by atoms with Gasteiger partial charge in [-0.2, -0.15) is 0 Å². The molecule has 2 aliphatic heterocycles. The first-order valence-electron chi connectivity index (χ1n) is 9.40. The Morgan fingerprint density at radius 2 is 2.00 bits per heavy atom. The largest absolute Gasteiger partial charge is 0.352 e. The second-order valence-corrected chi connectivity index (χ2v) is 7.72. The number of carbonyl (C=O) groups is 1. The average Bonchev–Trinajstić information content (AvgIpc) is 2.52. The number of hydrogen-bond acceptors (Lipinski definition) is 3. The second-order valence-electron chi connectivity index (χ2n) is 7.72. The quantitative estimate of drug-likeness (QED) is 0.842. The molecule has 2 saturated heterocycles. The van der Waals surface area contributed by atoms with Crippen molar-refractivity contribution in [2.45, 2.75) is 39.8 Å². The van der Waals surface area contributed by atoms with Gasteiger partial charge in [-0.05, 0) is 55.4 Å². The van der Waals surface area contributed by atoms with Gasteiger partial charge in [0.05, 0.1) is 0 Å². The summed E-state index contributed by atoms with van der Waals surface area (Å²) < 4.78 is 0. The Kier molecular flexibility index (Phi) is 5.90. The number of likely N-dealkylation sites (tertiary alicyclic amines) is 1. The van der Waals surface area contributed by atoms with Crippen LogP contribution in [-0.2, 0) is 17.9 Å². The second kappa shape index (κ2) is 8.13. The van der Waals surface area contributed by atoms with Crippen molar-refractivity contribution in [2.24, 2.45) is 17.8 Å². The predicted octanol–water partition coefficient (Wildman–Crippen LogP) is 2.39. The normalized spacial score (nSPS) is 23.5. The third kappa shape index (κ3) is 4.58. The highest BCUT2D eigenvalue weighted by molar-refractivity contribution is 5.78. The highest BCUT2D eigenvalue weighted by Gasteiger charge is 2.28. The number of carbonyl (C=O) groups excluding carboxylic acids is 1. The van der Waals surface area contributed by atoms with Crippen LogP contribution in [0.4, 0.5) is 0 Å². The summed E-state index contributed by atoms with van der Waals surface area (Å²) >= 11 is 0. The van der Waals surface area contributed by atoms with Crippen LogP contribution < -0.4 is 10.6 Å². The minimum Gasteiger partial charge on any atom is -0.352 e. The van der Waals surface area contributed by atoms with Crippen LogP contribution in [-0.4, -0.2) is 37.0 Å². The standard InChI is InChI=1S/C20H31N3O/c1-15-4-3-9-23(13-15)14-18-7-5-17(6-8-18)10-22-20(24)16(2)19-11-21-12-19/h5-8,15-16,19,21H,3-4,9-14H2,1-2H3,(H,22,24). The zero-order valence-corrected chi connectivity index (χ0v) is 15.1. The SMILES string of the molecule is CC1CCCN(Cc2ccc(CNC(=O)C(C)C3CNC3)cc2)C1. The fourth-order valence-corrected chi connectivity index (χ4v) is 3.68. The summed E-state index contributed by atoms with van der Waals surface area (Å²) in [6.07, 6.45) is 2.68. The Morgan fingerprint density at radius 1 is 1.29 bits per heavy atom. The van der Waals surface area contributed by atoms with Crippen molar-refractivity contribution in [1.82, 2.24) is 15.5 Å². The van der Waals surface area contributed by atoms with E-state index >= 15 is 0 Å². The molecule has 2 N–H and O–H groups in total. The van der Waals surface area contributed by atoms with E-state index in [2.05, 4.69) is 46.7 Å². The van der Waals surface area contributed by atoms with Crippen LogP contribution in [0.3, 0.4) is 0 Å². The number of rotatable bonds is 6. The maximum Gasteiger partial charge on any atom is 0.223 e. The third-order valence-electron chi connectivity index (χ3n) is 5.57. The van der Waals surface area contributed by atoms with Crippen LogP contribution in [0.15, 0.2) is 24.3 Å². The molecule has 0 radical (unpaired) electrons. The van der Waals surface area contributed by atoms with E-state index in [1.165, 1.54) is 37.1 Å². The van der Waals surface area contributed by atoms with Gasteiger partial charge in [0.1, 0.15) is 0 Å². The van der Waals surface area contributed by atoms with E-state index in [4.69, 9.17) is 0 Å². The molecule has 4 nitrogen and oxygen atoms in total. The van der Waals surface area contributed by atoms with Crippen molar-refractivity contribution in [2.75, 3.05) is 26.2 Å². The molecular weight excluding hydrogens is 298 g/mol. The summed E-state index contributed by atoms with van der Waals surface area (Å²) in [6, 6.07) is 8.72. The Morgan fingerprint density at radius 3 is 2.62 bits per heavy atom. The smallest absolute Gasteiger partial charge is 0.223 e. The molecule has 2 heterocycles. The van der Waals surface area contributed by atoms with Gasteiger partial charge in [0.25, 0.3) is 0 Å². The van der Waals surface area contributed by atoms with Gasteiger partial charge < -0.3 is 10.6 Å². The molecular formula is C20H31N3O. The molecule has 24 heavy (non-hydrogen) atoms. The summed E-state index contributed by atoms with van der Waals surface area (Å²) in [7, 11) is 0. The van der Waals surface area contributed by atoms with Crippen molar-refractivity contribution < 1.29 is 4.79 Å². The van der Waals surface area contributed by atoms with Crippen molar-refractivity contribution in [3.8, 4) is 0 Å². The van der Waals surface area contributed by atoms with Crippen molar-refractivity contribution in [3.63, 3.8) is 0 Å². The number of piperidine rings is 1. The highest BCUT2D eigenvalue weighted by Crippen LogP contribution is 2.18. The Balaban J connectivity index is 1.44. The first-order chi connectivity index (χ1) is 11.6. The lowest BCUT2D eigenvalue weighted by Crippen LogP contribution is -2.49. The molecule has 4 heteroatoms. The van der Waals surface area contributed by atoms with E-state index in [0.29, 0.717) is 12.5 Å². The lowest BCUT2D eigenvalue weighted by Gasteiger charge is -2.31. The Bertz CT molecular complexity index is 538. The van der Waals surface area contributed by atoms with Gasteiger partial charge in [0.2, 0.25) is 5.91 Å². The van der Waals surface area contributed by atoms with Crippen LogP contribution in [0, 0.1) is 17.8 Å². The van der Waals surface area contributed by atoms with Gasteiger partial charge in [0, 0.05) is 25.6 Å². The summed E-state index contributed by atoms with van der Waals surface area (Å²) in [5, 5.41) is 6.31. The molecule has 0 aromatic heterocycles. The van der Waals surface area contributed by atoms with Gasteiger partial charge in [-0.3, -0.25) is 9.69 Å². The van der Waals surface area contributed by atoms with Crippen LogP contribution in [0.5, 0.6) is 0 Å². The van der Waals surface area contributed by atoms with Gasteiger partial charge in [-0.25, -0.2) is 0 Å². The van der Waals surface area contributed by atoms with Crippen LogP contribution in [0.25, 0.3) is 0 Å². The first-order valence-corrected chi connectivity index (χ1v) is 9.40. The van der Waals surface area contributed by atoms with Gasteiger partial charge in [-0.1, -0.05) is 38.1 Å². The summed E-state index contributed by atoms with van der Waals surface area (Å²) in [4.78, 5) is 14.7. The number of hydrogen-bond donors (Lipinski definition) is 2. The van der Waals surface area contributed by atoms with Gasteiger partial charge >= 0.3 is 0 Å². The zero-order valence-electron chi connectivity index (χ0n) is 15.1. The van der Waals surface area contributed by atoms with Crippen LogP contribution in [0.1, 0.15) is 37.8 Å². The van der Waals surface area contributed by atoms with E-state index < -0.39 is 0 Å². The van der Waals surface area contributed by atoms with Crippen molar-refractivity contribution >= 4 is 5.91 Å². The molecule has 0 saturated carbocycles. The molecule has 0 aliphatic carbocycles. The monoisotopic (exact) mass is 329 g/mol. The molecule has 3 rings (SSSR count). The number of benzene rings is 1. The molecule has 0 bridgehead atoms. The molecule has 1 aromatic rings. The van der Waals surface area contributed by atoms with E-state index in [9.17, 15) is 4.79 Å². The Labute approximate surface area is 146 Å². The van der Waals surface area contributed by atoms with Gasteiger partial charge in [0.15, 0.2) is 0 Å². The molecule has 0 spiro atoms. The topological polar surface area (TPSA) is 44.4 Å². The van der Waals surface area contributed by atoms with Crippen molar-refractivity contribution in [1.29, 1.82) is 0 Å². The third-order valence-corrected chi connectivity index (χ3v) is 5.57. The molecule has 1 amide bonds. The summed E-state index contributed by atoms with van der Waals surface area (Å²) in [5.74, 6) is 1.60. The molecule has 2 unspecified atom stereocenters. The lowest BCUT2D eigenvalue weighted by atomic mass is 9.88. The minimum absolute atomic E-state index is 0.103. The van der Waals surface area contributed by atoms with E-state index in [1.54, 1.807) is 0 Å². The number of nitrogens with one attached hydrogen (secondary N) is 2. The fraction of sp³-hybridized carbons (Fsp3) is 0.650. The van der Waals surface area contributed by atoms with Crippen LogP contribution in [0.2, 0.25) is 0 Å². The predicted molar refractivity (Wildman–Crippen MR) is 97.5 cm³/mol. The van der Waals surface area contributed by atoms with Crippen molar-refractivity contribution in [3.05, 3.63) is 35.4 Å². The zero-order chi connectivity index (χ0) is 16.9. The summed E-state index contributed by atoms with van der Waals surface area (Å²) in [5.41, 5.74) is 2.55. The first kappa shape index (κ1) is 17.4. The Hall–Kier alpha value is -1.39.